The molecule has 0 aromatic rings. The summed E-state index contributed by atoms with van der Waals surface area (Å²) in [6, 6.07) is -0.141. The number of carbonyl (C=O) groups is 2. The van der Waals surface area contributed by atoms with Crippen molar-refractivity contribution in [2.24, 2.45) is 11.3 Å². The summed E-state index contributed by atoms with van der Waals surface area (Å²) >= 11 is 0. The van der Waals surface area contributed by atoms with E-state index in [4.69, 9.17) is 5.11 Å². The highest BCUT2D eigenvalue weighted by atomic mass is 16.4. The highest BCUT2D eigenvalue weighted by Crippen LogP contribution is 2.71. The van der Waals surface area contributed by atoms with Gasteiger partial charge in [-0.15, -0.1) is 0 Å². The Kier molecular flexibility index (Phi) is 1.78. The molecule has 2 rings (SSSR count). The van der Waals surface area contributed by atoms with E-state index in [9.17, 15) is 9.59 Å². The van der Waals surface area contributed by atoms with Crippen LogP contribution in [0.3, 0.4) is 0 Å². The van der Waals surface area contributed by atoms with Crippen molar-refractivity contribution in [3.05, 3.63) is 0 Å². The summed E-state index contributed by atoms with van der Waals surface area (Å²) in [5, 5.41) is 11.2. The molecule has 2 saturated carbocycles. The van der Waals surface area contributed by atoms with Crippen LogP contribution in [0, 0.1) is 11.3 Å². The van der Waals surface area contributed by atoms with Gasteiger partial charge in [-0.3, -0.25) is 9.59 Å². The van der Waals surface area contributed by atoms with Gasteiger partial charge in [0.2, 0.25) is 6.41 Å². The zero-order valence-corrected chi connectivity index (χ0v) is 7.32. The monoisotopic (exact) mass is 183 g/mol. The van der Waals surface area contributed by atoms with Crippen LogP contribution in [-0.4, -0.2) is 23.5 Å². The zero-order valence-electron chi connectivity index (χ0n) is 7.32. The Bertz CT molecular complexity index is 247. The summed E-state index contributed by atoms with van der Waals surface area (Å²) in [5.41, 5.74) is 0.441. The van der Waals surface area contributed by atoms with Crippen molar-refractivity contribution in [1.29, 1.82) is 0 Å². The van der Waals surface area contributed by atoms with Crippen LogP contribution in [0.25, 0.3) is 0 Å². The van der Waals surface area contributed by atoms with E-state index in [2.05, 4.69) is 5.32 Å². The summed E-state index contributed by atoms with van der Waals surface area (Å²) in [5.74, 6) is -0.407. The van der Waals surface area contributed by atoms with Crippen molar-refractivity contribution in [2.75, 3.05) is 0 Å². The average molecular weight is 183 g/mol. The molecule has 1 unspecified atom stereocenters. The summed E-state index contributed by atoms with van der Waals surface area (Å²) in [4.78, 5) is 20.7. The van der Waals surface area contributed by atoms with E-state index < -0.39 is 5.97 Å². The summed E-state index contributed by atoms with van der Waals surface area (Å²) in [6.45, 7) is 0. The molecule has 2 aliphatic rings. The number of carboxylic acids is 1. The van der Waals surface area contributed by atoms with Gasteiger partial charge in [-0.2, -0.15) is 0 Å². The van der Waals surface area contributed by atoms with Gasteiger partial charge in [-0.25, -0.2) is 0 Å². The van der Waals surface area contributed by atoms with E-state index in [-0.39, 0.29) is 12.5 Å². The molecule has 4 nitrogen and oxygen atoms in total. The number of carboxylic acid groups (broad SMARTS) is 1. The zero-order chi connectivity index (χ0) is 9.47. The molecule has 72 valence electrons. The van der Waals surface area contributed by atoms with Gasteiger partial charge in [0.1, 0.15) is 0 Å². The van der Waals surface area contributed by atoms with E-state index in [1.807, 2.05) is 0 Å². The molecule has 0 saturated heterocycles. The Balaban J connectivity index is 1.89. The van der Waals surface area contributed by atoms with E-state index >= 15 is 0 Å². The van der Waals surface area contributed by atoms with Crippen molar-refractivity contribution < 1.29 is 14.7 Å². The Morgan fingerprint density at radius 1 is 1.69 bits per heavy atom. The second kappa shape index (κ2) is 2.72. The highest BCUT2D eigenvalue weighted by molar-refractivity contribution is 5.68. The van der Waals surface area contributed by atoms with Crippen LogP contribution in [-0.2, 0) is 9.59 Å². The Morgan fingerprint density at radius 2 is 2.38 bits per heavy atom. The molecule has 0 aromatic carbocycles. The molecule has 2 atom stereocenters. The second-order valence-electron chi connectivity index (χ2n) is 4.16. The maximum Gasteiger partial charge on any atom is 0.305 e. The van der Waals surface area contributed by atoms with E-state index in [1.54, 1.807) is 0 Å². The number of carbonyl (C=O) groups excluding carboxylic acids is 1. The Labute approximate surface area is 76.3 Å². The standard InChI is InChI=1S/C9H13NO3/c11-5-10-7(3-8(12)13)6-4-9(6)1-2-9/h5-7H,1-4H2,(H,10,11)(H,12,13)/t6?,7-/m0/s1. The minimum absolute atomic E-state index is 0.0607. The maximum atomic E-state index is 10.5. The van der Waals surface area contributed by atoms with Gasteiger partial charge in [0.05, 0.1) is 6.42 Å². The van der Waals surface area contributed by atoms with E-state index in [0.29, 0.717) is 17.7 Å². The van der Waals surface area contributed by atoms with Gasteiger partial charge in [0, 0.05) is 6.04 Å². The minimum Gasteiger partial charge on any atom is -0.481 e. The maximum absolute atomic E-state index is 10.5. The van der Waals surface area contributed by atoms with Crippen molar-refractivity contribution in [3.63, 3.8) is 0 Å². The fourth-order valence-electron chi connectivity index (χ4n) is 2.28. The number of nitrogens with one attached hydrogen (secondary N) is 1. The molecule has 0 heterocycles. The largest absolute Gasteiger partial charge is 0.481 e. The third-order valence-electron chi connectivity index (χ3n) is 3.31. The van der Waals surface area contributed by atoms with Crippen LogP contribution in [0.1, 0.15) is 25.7 Å². The molecule has 0 aromatic heterocycles. The predicted octanol–water partition coefficient (Wildman–Crippen LogP) is 0.376. The molecular weight excluding hydrogens is 170 g/mol. The van der Waals surface area contributed by atoms with Gasteiger partial charge in [0.25, 0.3) is 0 Å². The minimum atomic E-state index is -0.831. The quantitative estimate of drug-likeness (QED) is 0.605. The fraction of sp³-hybridized carbons (Fsp3) is 0.778. The second-order valence-corrected chi connectivity index (χ2v) is 4.16. The Hall–Kier alpha value is -1.06. The van der Waals surface area contributed by atoms with E-state index in [1.165, 1.54) is 12.8 Å². The lowest BCUT2D eigenvalue weighted by molar-refractivity contribution is -0.137. The first-order valence-corrected chi connectivity index (χ1v) is 4.59. The Morgan fingerprint density at radius 3 is 2.77 bits per heavy atom. The number of aliphatic carboxylic acids is 1. The number of amides is 1. The molecule has 0 radical (unpaired) electrons. The molecule has 2 aliphatic carbocycles. The van der Waals surface area contributed by atoms with Crippen molar-refractivity contribution in [3.8, 4) is 0 Å². The SMILES string of the molecule is O=CN[C@@H](CC(=O)O)C1CC12CC2. The first-order valence-electron chi connectivity index (χ1n) is 4.59. The molecular formula is C9H13NO3. The average Bonchev–Trinajstić information content (AvgIpc) is 2.92. The van der Waals surface area contributed by atoms with Gasteiger partial charge in [-0.05, 0) is 30.6 Å². The first-order chi connectivity index (χ1) is 6.18. The summed E-state index contributed by atoms with van der Waals surface area (Å²) in [6.07, 6.45) is 4.21. The van der Waals surface area contributed by atoms with Gasteiger partial charge >= 0.3 is 5.97 Å². The number of hydrogen-bond acceptors (Lipinski definition) is 2. The van der Waals surface area contributed by atoms with Gasteiger partial charge in [0.15, 0.2) is 0 Å². The predicted molar refractivity (Wildman–Crippen MR) is 45.0 cm³/mol. The molecule has 2 fully saturated rings. The van der Waals surface area contributed by atoms with Gasteiger partial charge < -0.3 is 10.4 Å². The molecule has 0 aliphatic heterocycles. The van der Waals surface area contributed by atoms with Crippen LogP contribution in [0.2, 0.25) is 0 Å². The third kappa shape index (κ3) is 1.53. The smallest absolute Gasteiger partial charge is 0.305 e. The molecule has 1 spiro atoms. The van der Waals surface area contributed by atoms with Crippen molar-refractivity contribution in [2.45, 2.75) is 31.7 Å². The third-order valence-corrected chi connectivity index (χ3v) is 3.31. The fourth-order valence-corrected chi connectivity index (χ4v) is 2.28. The van der Waals surface area contributed by atoms with Gasteiger partial charge in [-0.1, -0.05) is 0 Å². The first kappa shape index (κ1) is 8.53. The number of rotatable bonds is 5. The van der Waals surface area contributed by atoms with Crippen LogP contribution in [0.15, 0.2) is 0 Å². The summed E-state index contributed by atoms with van der Waals surface area (Å²) in [7, 11) is 0. The van der Waals surface area contributed by atoms with Crippen molar-refractivity contribution in [1.82, 2.24) is 5.32 Å². The van der Waals surface area contributed by atoms with Crippen LogP contribution >= 0.6 is 0 Å². The number of hydrogen-bond donors (Lipinski definition) is 2. The van der Waals surface area contributed by atoms with Crippen LogP contribution < -0.4 is 5.32 Å². The molecule has 4 heteroatoms. The highest BCUT2D eigenvalue weighted by Gasteiger charge is 2.65. The lowest BCUT2D eigenvalue weighted by Crippen LogP contribution is -2.33. The summed E-state index contributed by atoms with van der Waals surface area (Å²) < 4.78 is 0. The molecule has 13 heavy (non-hydrogen) atoms. The topological polar surface area (TPSA) is 66.4 Å². The van der Waals surface area contributed by atoms with Crippen molar-refractivity contribution >= 4 is 12.4 Å². The van der Waals surface area contributed by atoms with E-state index in [0.717, 1.165) is 6.42 Å². The van der Waals surface area contributed by atoms with Crippen LogP contribution in [0.5, 0.6) is 0 Å². The molecule has 1 amide bonds. The lowest BCUT2D eigenvalue weighted by atomic mass is 10.1. The molecule has 0 bridgehead atoms. The normalized spacial score (nSPS) is 29.4. The lowest BCUT2D eigenvalue weighted by Gasteiger charge is -2.12. The molecule has 2 N–H and O–H groups in total. The van der Waals surface area contributed by atoms with Crippen LogP contribution in [0.4, 0.5) is 0 Å².